The summed E-state index contributed by atoms with van der Waals surface area (Å²) in [5.74, 6) is -1.04. The van der Waals surface area contributed by atoms with Gasteiger partial charge in [-0.1, -0.05) is 6.92 Å². The monoisotopic (exact) mass is 265 g/mol. The Bertz CT molecular complexity index is 483. The van der Waals surface area contributed by atoms with Gasteiger partial charge in [-0.2, -0.15) is 5.10 Å². The highest BCUT2D eigenvalue weighted by atomic mass is 16.4. The second-order valence-electron chi connectivity index (χ2n) is 4.96. The van der Waals surface area contributed by atoms with E-state index in [0.717, 1.165) is 12.1 Å². The number of aromatic nitrogens is 2. The van der Waals surface area contributed by atoms with E-state index in [-0.39, 0.29) is 12.5 Å². The average Bonchev–Trinajstić information content (AvgIpc) is 2.97. The third kappa shape index (κ3) is 2.77. The number of hydrogen-bond donors (Lipinski definition) is 1. The van der Waals surface area contributed by atoms with Crippen LogP contribution in [0.2, 0.25) is 0 Å². The number of carbonyl (C=O) groups is 2. The number of likely N-dealkylation sites (tertiary alicyclic amines) is 1. The van der Waals surface area contributed by atoms with E-state index in [1.54, 1.807) is 0 Å². The van der Waals surface area contributed by atoms with Crippen LogP contribution in [0.1, 0.15) is 44.8 Å². The number of hydrogen-bond acceptors (Lipinski definition) is 3. The van der Waals surface area contributed by atoms with E-state index in [0.29, 0.717) is 18.9 Å². The molecule has 104 valence electrons. The largest absolute Gasteiger partial charge is 0.480 e. The van der Waals surface area contributed by atoms with E-state index in [2.05, 4.69) is 18.9 Å². The van der Waals surface area contributed by atoms with Crippen LogP contribution in [0, 0.1) is 0 Å². The summed E-state index contributed by atoms with van der Waals surface area (Å²) in [7, 11) is 0. The molecule has 0 saturated carbocycles. The molecule has 1 aliphatic heterocycles. The second-order valence-corrected chi connectivity index (χ2v) is 4.96. The molecule has 0 bridgehead atoms. The maximum atomic E-state index is 11.7. The number of carbonyl (C=O) groups excluding carboxylic acids is 1. The topological polar surface area (TPSA) is 75.4 Å². The molecule has 2 atom stereocenters. The van der Waals surface area contributed by atoms with Crippen LogP contribution in [0.4, 0.5) is 0 Å². The van der Waals surface area contributed by atoms with Crippen LogP contribution in [0.15, 0.2) is 12.3 Å². The minimum Gasteiger partial charge on any atom is -0.480 e. The molecule has 0 aliphatic carbocycles. The van der Waals surface area contributed by atoms with E-state index < -0.39 is 12.0 Å². The lowest BCUT2D eigenvalue weighted by atomic mass is 10.2. The highest BCUT2D eigenvalue weighted by Gasteiger charge is 2.36. The summed E-state index contributed by atoms with van der Waals surface area (Å²) >= 11 is 0. The van der Waals surface area contributed by atoms with Gasteiger partial charge in [0.2, 0.25) is 5.91 Å². The first-order valence-corrected chi connectivity index (χ1v) is 6.59. The van der Waals surface area contributed by atoms with Gasteiger partial charge < -0.3 is 10.0 Å². The number of amides is 1. The van der Waals surface area contributed by atoms with Gasteiger partial charge in [-0.05, 0) is 25.8 Å². The smallest absolute Gasteiger partial charge is 0.326 e. The van der Waals surface area contributed by atoms with Gasteiger partial charge in [0.1, 0.15) is 6.04 Å². The summed E-state index contributed by atoms with van der Waals surface area (Å²) in [6.07, 6.45) is 3.55. The fraction of sp³-hybridized carbons (Fsp3) is 0.615. The van der Waals surface area contributed by atoms with Gasteiger partial charge in [0.05, 0.1) is 12.2 Å². The van der Waals surface area contributed by atoms with Crippen molar-refractivity contribution in [2.45, 2.75) is 51.7 Å². The van der Waals surface area contributed by atoms with Gasteiger partial charge in [-0.25, -0.2) is 4.79 Å². The molecule has 1 fully saturated rings. The number of aliphatic carboxylic acids is 1. The molecule has 0 radical (unpaired) electrons. The first kappa shape index (κ1) is 13.6. The minimum atomic E-state index is -0.938. The zero-order valence-electron chi connectivity index (χ0n) is 11.2. The average molecular weight is 265 g/mol. The quantitative estimate of drug-likeness (QED) is 0.873. The molecule has 6 heteroatoms. The second kappa shape index (κ2) is 5.42. The Hall–Kier alpha value is -1.85. The van der Waals surface area contributed by atoms with Crippen LogP contribution in [-0.2, 0) is 16.1 Å². The van der Waals surface area contributed by atoms with Gasteiger partial charge in [0, 0.05) is 18.7 Å². The van der Waals surface area contributed by atoms with Gasteiger partial charge in [-0.3, -0.25) is 9.48 Å². The number of nitrogens with zero attached hydrogens (tertiary/aromatic N) is 3. The number of carboxylic acids is 1. The maximum Gasteiger partial charge on any atom is 0.326 e. The predicted molar refractivity (Wildman–Crippen MR) is 68.4 cm³/mol. The molecule has 1 amide bonds. The highest BCUT2D eigenvalue weighted by molar-refractivity contribution is 5.87. The molecule has 2 heterocycles. The Morgan fingerprint density at radius 1 is 1.63 bits per heavy atom. The minimum absolute atomic E-state index is 0.106. The lowest BCUT2D eigenvalue weighted by molar-refractivity contribution is -0.146. The van der Waals surface area contributed by atoms with Crippen molar-refractivity contribution in [2.24, 2.45) is 0 Å². The first-order chi connectivity index (χ1) is 9.02. The van der Waals surface area contributed by atoms with Crippen molar-refractivity contribution in [1.82, 2.24) is 14.7 Å². The first-order valence-electron chi connectivity index (χ1n) is 6.59. The van der Waals surface area contributed by atoms with E-state index in [1.165, 1.54) is 4.90 Å². The highest BCUT2D eigenvalue weighted by Crippen LogP contribution is 2.21. The van der Waals surface area contributed by atoms with Gasteiger partial charge in [0.25, 0.3) is 0 Å². The van der Waals surface area contributed by atoms with E-state index in [4.69, 9.17) is 5.11 Å². The zero-order chi connectivity index (χ0) is 14.0. The van der Waals surface area contributed by atoms with E-state index in [9.17, 15) is 9.59 Å². The molecule has 0 aromatic carbocycles. The molecule has 1 aliphatic rings. The van der Waals surface area contributed by atoms with Crippen LogP contribution in [0.25, 0.3) is 0 Å². The molecular formula is C13H19N3O3. The van der Waals surface area contributed by atoms with Crippen molar-refractivity contribution >= 4 is 11.9 Å². The van der Waals surface area contributed by atoms with Crippen molar-refractivity contribution in [3.63, 3.8) is 0 Å². The van der Waals surface area contributed by atoms with Crippen molar-refractivity contribution in [2.75, 3.05) is 0 Å². The molecule has 2 rings (SSSR count). The molecule has 19 heavy (non-hydrogen) atoms. The summed E-state index contributed by atoms with van der Waals surface area (Å²) < 4.78 is 1.85. The molecule has 6 nitrogen and oxygen atoms in total. The Morgan fingerprint density at radius 3 is 3.00 bits per heavy atom. The van der Waals surface area contributed by atoms with Crippen LogP contribution < -0.4 is 0 Å². The SMILES string of the molecule is CCC(C)n1ccc(CN2C(=O)CCC2C(=O)O)n1. The van der Waals surface area contributed by atoms with Crippen LogP contribution >= 0.6 is 0 Å². The van der Waals surface area contributed by atoms with Crippen molar-refractivity contribution < 1.29 is 14.7 Å². The lowest BCUT2D eigenvalue weighted by Crippen LogP contribution is -2.38. The number of carboxylic acid groups (broad SMARTS) is 1. The predicted octanol–water partition coefficient (Wildman–Crippen LogP) is 1.43. The van der Waals surface area contributed by atoms with Crippen LogP contribution in [0.5, 0.6) is 0 Å². The maximum absolute atomic E-state index is 11.7. The fourth-order valence-corrected chi connectivity index (χ4v) is 2.26. The summed E-state index contributed by atoms with van der Waals surface area (Å²) in [5, 5.41) is 13.5. The molecule has 1 saturated heterocycles. The summed E-state index contributed by atoms with van der Waals surface area (Å²) in [6, 6.07) is 1.44. The molecule has 1 aromatic heterocycles. The Balaban J connectivity index is 2.09. The number of rotatable bonds is 5. The van der Waals surface area contributed by atoms with Gasteiger partial charge >= 0.3 is 5.97 Å². The molecule has 0 spiro atoms. The molecule has 1 aromatic rings. The van der Waals surface area contributed by atoms with E-state index in [1.807, 2.05) is 16.9 Å². The lowest BCUT2D eigenvalue weighted by Gasteiger charge is -2.20. The van der Waals surface area contributed by atoms with Crippen LogP contribution in [-0.4, -0.2) is 37.7 Å². The summed E-state index contributed by atoms with van der Waals surface area (Å²) in [4.78, 5) is 24.2. The Labute approximate surface area is 112 Å². The molecular weight excluding hydrogens is 246 g/mol. The standard InChI is InChI=1S/C13H19N3O3/c1-3-9(2)16-7-6-10(14-16)8-15-11(13(18)19)4-5-12(15)17/h6-7,9,11H,3-5,8H2,1-2H3,(H,18,19). The third-order valence-corrected chi connectivity index (χ3v) is 3.65. The van der Waals surface area contributed by atoms with Crippen LogP contribution in [0.3, 0.4) is 0 Å². The normalized spacial score (nSPS) is 20.8. The van der Waals surface area contributed by atoms with E-state index >= 15 is 0 Å². The Kier molecular flexibility index (Phi) is 3.87. The molecule has 2 unspecified atom stereocenters. The Morgan fingerprint density at radius 2 is 2.37 bits per heavy atom. The molecule has 1 N–H and O–H groups in total. The van der Waals surface area contributed by atoms with Gasteiger partial charge in [-0.15, -0.1) is 0 Å². The zero-order valence-corrected chi connectivity index (χ0v) is 11.2. The van der Waals surface area contributed by atoms with Crippen molar-refractivity contribution in [3.8, 4) is 0 Å². The van der Waals surface area contributed by atoms with Gasteiger partial charge in [0.15, 0.2) is 0 Å². The fourth-order valence-electron chi connectivity index (χ4n) is 2.26. The summed E-state index contributed by atoms with van der Waals surface area (Å²) in [6.45, 7) is 4.42. The van der Waals surface area contributed by atoms with Crippen molar-refractivity contribution in [3.05, 3.63) is 18.0 Å². The van der Waals surface area contributed by atoms with Crippen molar-refractivity contribution in [1.29, 1.82) is 0 Å². The third-order valence-electron chi connectivity index (χ3n) is 3.65. The summed E-state index contributed by atoms with van der Waals surface area (Å²) in [5.41, 5.74) is 0.738.